The maximum absolute atomic E-state index is 9.13. The Kier molecular flexibility index (Phi) is 3.19. The van der Waals surface area contributed by atoms with E-state index in [0.29, 0.717) is 11.1 Å². The van der Waals surface area contributed by atoms with Gasteiger partial charge in [-0.2, -0.15) is 10.5 Å². The van der Waals surface area contributed by atoms with Gasteiger partial charge < -0.3 is 10.2 Å². The molecule has 0 aliphatic rings. The summed E-state index contributed by atoms with van der Waals surface area (Å²) in [6.07, 6.45) is -2.33. The largest absolute Gasteiger partial charge is 0.374 e. The molecule has 0 fully saturated rings. The maximum Gasteiger partial charge on any atom is 0.165 e. The predicted octanol–water partition coefficient (Wildman–Crippen LogP) is 0.801. The van der Waals surface area contributed by atoms with Gasteiger partial charge in [0.1, 0.15) is 0 Å². The molecular formula is C10H8N2O2. The number of nitrogens with zero attached hydrogens (tertiary/aromatic N) is 2. The third-order valence-corrected chi connectivity index (χ3v) is 1.81. The molecule has 2 atom stereocenters. The normalized spacial score (nSPS) is 13.7. The maximum atomic E-state index is 9.13. The molecule has 1 rings (SSSR count). The number of aliphatic hydroxyl groups excluding tert-OH is 2. The van der Waals surface area contributed by atoms with E-state index in [-0.39, 0.29) is 0 Å². The number of hydrogen-bond donors (Lipinski definition) is 2. The SMILES string of the molecule is N#CC(O)c1ccc(C(O)C#N)cc1. The standard InChI is InChI=1S/C10H8N2O2/c11-5-9(13)7-1-2-8(4-3-7)10(14)6-12/h1-4,9-10,13-14H. The lowest BCUT2D eigenvalue weighted by Gasteiger charge is -2.04. The van der Waals surface area contributed by atoms with Gasteiger partial charge in [-0.25, -0.2) is 0 Å². The van der Waals surface area contributed by atoms with E-state index in [0.717, 1.165) is 0 Å². The van der Waals surface area contributed by atoms with Crippen molar-refractivity contribution < 1.29 is 10.2 Å². The van der Waals surface area contributed by atoms with Crippen molar-refractivity contribution in [2.75, 3.05) is 0 Å². The molecule has 0 radical (unpaired) electrons. The first-order chi connectivity index (χ1) is 6.69. The molecule has 1 aromatic rings. The minimum atomic E-state index is -1.16. The lowest BCUT2D eigenvalue weighted by Crippen LogP contribution is -1.96. The summed E-state index contributed by atoms with van der Waals surface area (Å²) >= 11 is 0. The molecule has 0 amide bonds. The average Bonchev–Trinajstić information content (AvgIpc) is 2.27. The molecule has 2 unspecified atom stereocenters. The van der Waals surface area contributed by atoms with Crippen molar-refractivity contribution in [3.8, 4) is 12.1 Å². The molecule has 0 bridgehead atoms. The van der Waals surface area contributed by atoms with Gasteiger partial charge in [0.05, 0.1) is 12.1 Å². The van der Waals surface area contributed by atoms with Gasteiger partial charge in [0.25, 0.3) is 0 Å². The van der Waals surface area contributed by atoms with Crippen LogP contribution in [0.2, 0.25) is 0 Å². The van der Waals surface area contributed by atoms with Crippen molar-refractivity contribution in [2.45, 2.75) is 12.2 Å². The molecular weight excluding hydrogens is 180 g/mol. The summed E-state index contributed by atoms with van der Waals surface area (Å²) < 4.78 is 0. The summed E-state index contributed by atoms with van der Waals surface area (Å²) in [6.45, 7) is 0. The Morgan fingerprint density at radius 3 is 1.36 bits per heavy atom. The minimum absolute atomic E-state index is 0.446. The zero-order valence-corrected chi connectivity index (χ0v) is 7.25. The van der Waals surface area contributed by atoms with E-state index >= 15 is 0 Å². The van der Waals surface area contributed by atoms with E-state index in [1.54, 1.807) is 12.1 Å². The molecule has 0 aliphatic carbocycles. The van der Waals surface area contributed by atoms with Crippen LogP contribution in [0.5, 0.6) is 0 Å². The van der Waals surface area contributed by atoms with Crippen LogP contribution < -0.4 is 0 Å². The molecule has 1 aromatic carbocycles. The molecule has 14 heavy (non-hydrogen) atoms. The highest BCUT2D eigenvalue weighted by atomic mass is 16.3. The molecule has 0 saturated carbocycles. The Morgan fingerprint density at radius 2 is 1.14 bits per heavy atom. The zero-order valence-electron chi connectivity index (χ0n) is 7.25. The fourth-order valence-electron chi connectivity index (χ4n) is 1.01. The van der Waals surface area contributed by atoms with Crippen LogP contribution in [-0.2, 0) is 0 Å². The molecule has 0 saturated heterocycles. The molecule has 70 valence electrons. The lowest BCUT2D eigenvalue weighted by molar-refractivity contribution is 0.232. The number of aliphatic hydroxyl groups is 2. The lowest BCUT2D eigenvalue weighted by atomic mass is 10.1. The highest BCUT2D eigenvalue weighted by molar-refractivity contribution is 5.29. The molecule has 0 heterocycles. The van der Waals surface area contributed by atoms with Gasteiger partial charge in [0.2, 0.25) is 0 Å². The quantitative estimate of drug-likeness (QED) is 0.672. The number of nitriles is 2. The fourth-order valence-corrected chi connectivity index (χ4v) is 1.01. The molecule has 0 aliphatic heterocycles. The number of rotatable bonds is 2. The summed E-state index contributed by atoms with van der Waals surface area (Å²) in [4.78, 5) is 0. The monoisotopic (exact) mass is 188 g/mol. The van der Waals surface area contributed by atoms with E-state index < -0.39 is 12.2 Å². The van der Waals surface area contributed by atoms with Crippen LogP contribution in [0.1, 0.15) is 23.3 Å². The van der Waals surface area contributed by atoms with Crippen molar-refractivity contribution in [3.63, 3.8) is 0 Å². The Balaban J connectivity index is 2.91. The van der Waals surface area contributed by atoms with Crippen molar-refractivity contribution in [1.82, 2.24) is 0 Å². The highest BCUT2D eigenvalue weighted by Gasteiger charge is 2.08. The van der Waals surface area contributed by atoms with Crippen molar-refractivity contribution in [3.05, 3.63) is 35.4 Å². The van der Waals surface area contributed by atoms with Gasteiger partial charge in [0.15, 0.2) is 12.2 Å². The average molecular weight is 188 g/mol. The molecule has 0 spiro atoms. The Bertz CT molecular complexity index is 347. The minimum Gasteiger partial charge on any atom is -0.374 e. The Morgan fingerprint density at radius 1 is 0.857 bits per heavy atom. The first kappa shape index (κ1) is 10.2. The highest BCUT2D eigenvalue weighted by Crippen LogP contribution is 2.16. The van der Waals surface area contributed by atoms with Crippen LogP contribution in [0.15, 0.2) is 24.3 Å². The third-order valence-electron chi connectivity index (χ3n) is 1.81. The molecule has 2 N–H and O–H groups in total. The second kappa shape index (κ2) is 4.38. The van der Waals surface area contributed by atoms with Crippen LogP contribution in [0.4, 0.5) is 0 Å². The van der Waals surface area contributed by atoms with Crippen LogP contribution in [0.25, 0.3) is 0 Å². The van der Waals surface area contributed by atoms with Crippen LogP contribution in [0.3, 0.4) is 0 Å². The van der Waals surface area contributed by atoms with Gasteiger partial charge in [-0.15, -0.1) is 0 Å². The predicted molar refractivity (Wildman–Crippen MR) is 47.6 cm³/mol. The van der Waals surface area contributed by atoms with Gasteiger partial charge in [-0.05, 0) is 11.1 Å². The van der Waals surface area contributed by atoms with Crippen molar-refractivity contribution in [1.29, 1.82) is 10.5 Å². The fraction of sp³-hybridized carbons (Fsp3) is 0.200. The summed E-state index contributed by atoms with van der Waals surface area (Å²) in [5.74, 6) is 0. The molecule has 4 nitrogen and oxygen atoms in total. The van der Waals surface area contributed by atoms with Gasteiger partial charge in [-0.3, -0.25) is 0 Å². The van der Waals surface area contributed by atoms with Crippen molar-refractivity contribution >= 4 is 0 Å². The van der Waals surface area contributed by atoms with E-state index in [1.807, 2.05) is 0 Å². The molecule has 0 aromatic heterocycles. The summed E-state index contributed by atoms with van der Waals surface area (Å²) in [6, 6.07) is 9.36. The first-order valence-corrected chi connectivity index (χ1v) is 3.94. The number of hydrogen-bond acceptors (Lipinski definition) is 4. The zero-order chi connectivity index (χ0) is 10.6. The smallest absolute Gasteiger partial charge is 0.165 e. The third kappa shape index (κ3) is 2.08. The Hall–Kier alpha value is -1.88. The van der Waals surface area contributed by atoms with Crippen molar-refractivity contribution in [2.24, 2.45) is 0 Å². The summed E-state index contributed by atoms with van der Waals surface area (Å²) in [5.41, 5.74) is 0.891. The van der Waals surface area contributed by atoms with Gasteiger partial charge >= 0.3 is 0 Å². The Labute approximate surface area is 81.3 Å². The van der Waals surface area contributed by atoms with Gasteiger partial charge in [0, 0.05) is 0 Å². The topological polar surface area (TPSA) is 88.0 Å². The number of benzene rings is 1. The summed E-state index contributed by atoms with van der Waals surface area (Å²) in [7, 11) is 0. The van der Waals surface area contributed by atoms with Crippen LogP contribution in [0, 0.1) is 22.7 Å². The van der Waals surface area contributed by atoms with Gasteiger partial charge in [-0.1, -0.05) is 24.3 Å². The van der Waals surface area contributed by atoms with Crippen LogP contribution >= 0.6 is 0 Å². The van der Waals surface area contributed by atoms with E-state index in [2.05, 4.69) is 0 Å². The van der Waals surface area contributed by atoms with E-state index in [4.69, 9.17) is 20.7 Å². The second-order valence-corrected chi connectivity index (χ2v) is 2.73. The molecule has 4 heteroatoms. The van der Waals surface area contributed by atoms with Crippen LogP contribution in [-0.4, -0.2) is 10.2 Å². The van der Waals surface area contributed by atoms with E-state index in [9.17, 15) is 0 Å². The first-order valence-electron chi connectivity index (χ1n) is 3.94. The summed E-state index contributed by atoms with van der Waals surface area (Å²) in [5, 5.41) is 35.1. The second-order valence-electron chi connectivity index (χ2n) is 2.73. The van der Waals surface area contributed by atoms with E-state index in [1.165, 1.54) is 24.3 Å².